The Hall–Kier alpha value is -0.550. The summed E-state index contributed by atoms with van der Waals surface area (Å²) < 4.78 is 7.86. The van der Waals surface area contributed by atoms with Crippen LogP contribution >= 0.6 is 43.5 Å². The summed E-state index contributed by atoms with van der Waals surface area (Å²) in [5.41, 5.74) is 7.09. The van der Waals surface area contributed by atoms with E-state index in [2.05, 4.69) is 31.9 Å². The molecule has 0 aromatic heterocycles. The number of hydrogen-bond donors (Lipinski definition) is 1. The predicted octanol–water partition coefficient (Wildman–Crippen LogP) is 5.33. The molecule has 2 unspecified atom stereocenters. The Balaban J connectivity index is 2.30. The normalized spacial score (nSPS) is 13.8. The van der Waals surface area contributed by atoms with Crippen LogP contribution in [0.3, 0.4) is 0 Å². The maximum atomic E-state index is 6.06. The van der Waals surface area contributed by atoms with E-state index < -0.39 is 0 Å². The van der Waals surface area contributed by atoms with E-state index in [4.69, 9.17) is 22.1 Å². The Kier molecular flexibility index (Phi) is 5.49. The van der Waals surface area contributed by atoms with E-state index in [1.807, 2.05) is 37.3 Å². The smallest absolute Gasteiger partial charge is 0.139 e. The number of benzene rings is 2. The fourth-order valence-electron chi connectivity index (χ4n) is 1.87. The first-order chi connectivity index (χ1) is 9.47. The summed E-state index contributed by atoms with van der Waals surface area (Å²) in [5.74, 6) is 0.719. The molecule has 0 spiro atoms. The average Bonchev–Trinajstić information content (AvgIpc) is 2.37. The summed E-state index contributed by atoms with van der Waals surface area (Å²) in [6.07, 6.45) is -0.232. The molecule has 0 saturated heterocycles. The number of hydrogen-bond acceptors (Lipinski definition) is 2. The van der Waals surface area contributed by atoms with E-state index in [1.54, 1.807) is 12.1 Å². The van der Waals surface area contributed by atoms with Crippen LogP contribution < -0.4 is 10.5 Å². The minimum absolute atomic E-state index is 0.146. The van der Waals surface area contributed by atoms with Gasteiger partial charge in [-0.2, -0.15) is 0 Å². The Bertz CT molecular complexity index is 604. The molecule has 2 N–H and O–H groups in total. The van der Waals surface area contributed by atoms with E-state index in [9.17, 15) is 0 Å². The number of ether oxygens (including phenoxy) is 1. The van der Waals surface area contributed by atoms with Crippen molar-refractivity contribution in [2.75, 3.05) is 0 Å². The summed E-state index contributed by atoms with van der Waals surface area (Å²) >= 11 is 12.9. The summed E-state index contributed by atoms with van der Waals surface area (Å²) in [6, 6.07) is 13.2. The van der Waals surface area contributed by atoms with E-state index in [0.717, 1.165) is 20.3 Å². The molecule has 0 heterocycles. The van der Waals surface area contributed by atoms with Crippen LogP contribution in [0, 0.1) is 0 Å². The van der Waals surface area contributed by atoms with Crippen LogP contribution in [0.1, 0.15) is 18.6 Å². The zero-order valence-electron chi connectivity index (χ0n) is 10.8. The average molecular weight is 420 g/mol. The highest BCUT2D eigenvalue weighted by Gasteiger charge is 2.19. The van der Waals surface area contributed by atoms with Gasteiger partial charge in [0.2, 0.25) is 0 Å². The molecule has 0 fully saturated rings. The highest BCUT2D eigenvalue weighted by Crippen LogP contribution is 2.33. The third-order valence-corrected chi connectivity index (χ3v) is 4.15. The van der Waals surface area contributed by atoms with Crippen LogP contribution in [0.5, 0.6) is 5.75 Å². The van der Waals surface area contributed by atoms with E-state index in [1.165, 1.54) is 0 Å². The van der Waals surface area contributed by atoms with Crippen LogP contribution in [0.4, 0.5) is 0 Å². The van der Waals surface area contributed by atoms with Crippen molar-refractivity contribution < 1.29 is 4.74 Å². The third-order valence-electron chi connectivity index (χ3n) is 2.80. The molecule has 20 heavy (non-hydrogen) atoms. The van der Waals surface area contributed by atoms with Crippen molar-refractivity contribution >= 4 is 43.5 Å². The molecule has 2 aromatic carbocycles. The second kappa shape index (κ2) is 6.94. The minimum atomic E-state index is -0.232. The fraction of sp³-hybridized carbons (Fsp3) is 0.200. The van der Waals surface area contributed by atoms with E-state index in [-0.39, 0.29) is 12.1 Å². The van der Waals surface area contributed by atoms with Gasteiger partial charge in [0, 0.05) is 15.5 Å². The molecule has 0 saturated carbocycles. The van der Waals surface area contributed by atoms with Gasteiger partial charge in [-0.1, -0.05) is 39.7 Å². The summed E-state index contributed by atoms with van der Waals surface area (Å²) in [4.78, 5) is 0. The van der Waals surface area contributed by atoms with Crippen molar-refractivity contribution in [1.82, 2.24) is 0 Å². The van der Waals surface area contributed by atoms with Crippen molar-refractivity contribution in [3.63, 3.8) is 0 Å². The molecular formula is C15H14Br2ClNO. The lowest BCUT2D eigenvalue weighted by molar-refractivity contribution is 0.179. The Morgan fingerprint density at radius 3 is 2.50 bits per heavy atom. The molecule has 2 aromatic rings. The second-order valence-corrected chi connectivity index (χ2v) is 6.73. The maximum absolute atomic E-state index is 6.06. The van der Waals surface area contributed by atoms with Gasteiger partial charge in [0.25, 0.3) is 0 Å². The van der Waals surface area contributed by atoms with Gasteiger partial charge in [-0.25, -0.2) is 0 Å². The van der Waals surface area contributed by atoms with E-state index in [0.29, 0.717) is 5.02 Å². The van der Waals surface area contributed by atoms with Crippen LogP contribution in [0.25, 0.3) is 0 Å². The molecule has 0 aliphatic rings. The van der Waals surface area contributed by atoms with Crippen molar-refractivity contribution in [2.45, 2.75) is 19.1 Å². The quantitative estimate of drug-likeness (QED) is 0.727. The largest absolute Gasteiger partial charge is 0.483 e. The monoisotopic (exact) mass is 417 g/mol. The molecule has 2 atom stereocenters. The lowest BCUT2D eigenvalue weighted by Gasteiger charge is -2.24. The molecular weight excluding hydrogens is 405 g/mol. The molecule has 106 valence electrons. The first-order valence-electron chi connectivity index (χ1n) is 6.10. The highest BCUT2D eigenvalue weighted by atomic mass is 79.9. The molecule has 0 bridgehead atoms. The lowest BCUT2D eigenvalue weighted by atomic mass is 10.0. The van der Waals surface area contributed by atoms with Crippen LogP contribution in [0.2, 0.25) is 5.02 Å². The Morgan fingerprint density at radius 1 is 1.15 bits per heavy atom. The number of nitrogens with two attached hydrogens (primary N) is 1. The highest BCUT2D eigenvalue weighted by molar-refractivity contribution is 9.10. The van der Waals surface area contributed by atoms with Gasteiger partial charge in [-0.05, 0) is 58.7 Å². The van der Waals surface area contributed by atoms with Gasteiger partial charge in [-0.15, -0.1) is 0 Å². The van der Waals surface area contributed by atoms with Gasteiger partial charge in [0.15, 0.2) is 0 Å². The van der Waals surface area contributed by atoms with Crippen molar-refractivity contribution in [1.29, 1.82) is 0 Å². The number of halogens is 3. The van der Waals surface area contributed by atoms with Crippen LogP contribution in [0.15, 0.2) is 51.4 Å². The molecule has 2 nitrogen and oxygen atoms in total. The maximum Gasteiger partial charge on any atom is 0.139 e. The van der Waals surface area contributed by atoms with Crippen LogP contribution in [-0.2, 0) is 0 Å². The topological polar surface area (TPSA) is 35.2 Å². The Labute approximate surface area is 140 Å². The molecule has 0 radical (unpaired) electrons. The van der Waals surface area contributed by atoms with E-state index >= 15 is 0 Å². The third kappa shape index (κ3) is 3.98. The first-order valence-corrected chi connectivity index (χ1v) is 8.06. The second-order valence-electron chi connectivity index (χ2n) is 4.53. The summed E-state index contributed by atoms with van der Waals surface area (Å²) in [6.45, 7) is 1.93. The van der Waals surface area contributed by atoms with Crippen molar-refractivity contribution in [2.24, 2.45) is 5.73 Å². The zero-order chi connectivity index (χ0) is 14.7. The lowest BCUT2D eigenvalue weighted by Crippen LogP contribution is -2.29. The Morgan fingerprint density at radius 2 is 1.90 bits per heavy atom. The molecule has 0 amide bonds. The molecule has 2 rings (SSSR count). The van der Waals surface area contributed by atoms with Gasteiger partial charge in [0.05, 0.1) is 4.47 Å². The zero-order valence-corrected chi connectivity index (χ0v) is 14.7. The van der Waals surface area contributed by atoms with Gasteiger partial charge in [0.1, 0.15) is 11.9 Å². The number of rotatable bonds is 4. The standard InChI is InChI=1S/C15H14Br2ClNO/c1-9(19)15(10-3-2-4-11(16)7-10)20-14-6-5-12(18)8-13(14)17/h2-9,15H,19H2,1H3. The summed E-state index contributed by atoms with van der Waals surface area (Å²) in [7, 11) is 0. The molecule has 5 heteroatoms. The van der Waals surface area contributed by atoms with Crippen molar-refractivity contribution in [3.05, 3.63) is 62.0 Å². The van der Waals surface area contributed by atoms with Crippen molar-refractivity contribution in [3.8, 4) is 5.75 Å². The fourth-order valence-corrected chi connectivity index (χ4v) is 3.06. The molecule has 0 aliphatic carbocycles. The minimum Gasteiger partial charge on any atom is -0.483 e. The van der Waals surface area contributed by atoms with Gasteiger partial charge >= 0.3 is 0 Å². The van der Waals surface area contributed by atoms with Crippen LogP contribution in [-0.4, -0.2) is 6.04 Å². The summed E-state index contributed by atoms with van der Waals surface area (Å²) in [5, 5.41) is 0.657. The first kappa shape index (κ1) is 15.8. The predicted molar refractivity (Wildman–Crippen MR) is 90.3 cm³/mol. The van der Waals surface area contributed by atoms with Gasteiger partial charge in [-0.3, -0.25) is 0 Å². The SMILES string of the molecule is CC(N)C(Oc1ccc(Cl)cc1Br)c1cccc(Br)c1. The molecule has 0 aliphatic heterocycles. The van der Waals surface area contributed by atoms with Gasteiger partial charge < -0.3 is 10.5 Å².